The van der Waals surface area contributed by atoms with Gasteiger partial charge in [0, 0.05) is 6.42 Å². The van der Waals surface area contributed by atoms with Crippen LogP contribution < -0.4 is 4.57 Å². The Kier molecular flexibility index (Phi) is 22.0. The number of nitrogens with one attached hydrogen (secondary N) is 1. The Bertz CT molecular complexity index is 519. The fourth-order valence-corrected chi connectivity index (χ4v) is 5.20. The summed E-state index contributed by atoms with van der Waals surface area (Å²) < 4.78 is 2.48. The van der Waals surface area contributed by atoms with Crippen LogP contribution in [0.5, 0.6) is 0 Å². The van der Waals surface area contributed by atoms with Gasteiger partial charge in [0.2, 0.25) is 0 Å². The van der Waals surface area contributed by atoms with Crippen LogP contribution in [0.25, 0.3) is 0 Å². The second-order valence-electron chi connectivity index (χ2n) is 11.5. The number of hydrogen-bond donors (Lipinski definition) is 1. The molecule has 0 atom stereocenters. The molecule has 0 amide bonds. The molecule has 0 spiro atoms. The minimum atomic E-state index is 0.877. The Labute approximate surface area is 215 Å². The molecule has 1 N–H and O–H groups in total. The van der Waals surface area contributed by atoms with Gasteiger partial charge in [-0.05, 0) is 25.2 Å². The molecule has 1 aromatic heterocycles. The number of aromatic nitrogens is 2. The van der Waals surface area contributed by atoms with Crippen molar-refractivity contribution < 1.29 is 4.57 Å². The maximum absolute atomic E-state index is 3.50. The van der Waals surface area contributed by atoms with Crippen molar-refractivity contribution in [3.63, 3.8) is 0 Å². The summed E-state index contributed by atoms with van der Waals surface area (Å²) in [7, 11) is 0. The lowest BCUT2D eigenvalue weighted by Gasteiger charge is -2.05. The zero-order valence-corrected chi connectivity index (χ0v) is 23.9. The predicted octanol–water partition coefficient (Wildman–Crippen LogP) is 10.5. The van der Waals surface area contributed by atoms with E-state index in [-0.39, 0.29) is 0 Å². The molecule has 34 heavy (non-hydrogen) atoms. The number of unbranched alkanes of at least 4 members (excludes halogenated alkanes) is 20. The van der Waals surface area contributed by atoms with Crippen LogP contribution in [-0.4, -0.2) is 4.98 Å². The number of nitrogens with zero attached hydrogens (tertiary/aromatic N) is 1. The molecule has 2 nitrogen and oxygen atoms in total. The molecule has 0 saturated carbocycles. The average molecular weight is 476 g/mol. The molecule has 0 aliphatic heterocycles. The molecule has 0 saturated heterocycles. The Morgan fingerprint density at radius 2 is 1.03 bits per heavy atom. The van der Waals surface area contributed by atoms with E-state index in [1.165, 1.54) is 166 Å². The van der Waals surface area contributed by atoms with Gasteiger partial charge in [-0.1, -0.05) is 149 Å². The van der Waals surface area contributed by atoms with Crippen LogP contribution in [0.15, 0.2) is 12.4 Å². The lowest BCUT2D eigenvalue weighted by atomic mass is 10.0. The summed E-state index contributed by atoms with van der Waals surface area (Å²) in [5.41, 5.74) is 0. The van der Waals surface area contributed by atoms with E-state index in [1.54, 1.807) is 0 Å². The van der Waals surface area contributed by atoms with Crippen LogP contribution in [0, 0.1) is 5.92 Å². The zero-order chi connectivity index (χ0) is 24.5. The van der Waals surface area contributed by atoms with E-state index in [2.05, 4.69) is 42.7 Å². The number of H-pyrrole nitrogens is 1. The number of rotatable bonds is 26. The Morgan fingerprint density at radius 3 is 1.53 bits per heavy atom. The molecule has 0 radical (unpaired) electrons. The van der Waals surface area contributed by atoms with Gasteiger partial charge in [-0.15, -0.1) is 0 Å². The summed E-state index contributed by atoms with van der Waals surface area (Å²) in [5.74, 6) is 2.32. The van der Waals surface area contributed by atoms with Crippen molar-refractivity contribution in [1.82, 2.24) is 4.98 Å². The molecule has 1 rings (SSSR count). The summed E-state index contributed by atoms with van der Waals surface area (Å²) in [4.78, 5) is 3.50. The summed E-state index contributed by atoms with van der Waals surface area (Å²) in [6.07, 6.45) is 38.5. The highest BCUT2D eigenvalue weighted by Gasteiger charge is 2.09. The maximum atomic E-state index is 3.50. The molecule has 0 fully saturated rings. The summed E-state index contributed by atoms with van der Waals surface area (Å²) in [6, 6.07) is 0. The fourth-order valence-electron chi connectivity index (χ4n) is 5.20. The lowest BCUT2D eigenvalue weighted by molar-refractivity contribution is -0.703. The number of aryl methyl sites for hydroxylation is 2. The molecule has 0 bridgehead atoms. The van der Waals surface area contributed by atoms with Gasteiger partial charge in [0.15, 0.2) is 0 Å². The van der Waals surface area contributed by atoms with Crippen LogP contribution in [0.3, 0.4) is 0 Å². The minimum Gasteiger partial charge on any atom is -0.248 e. The van der Waals surface area contributed by atoms with E-state index in [4.69, 9.17) is 0 Å². The van der Waals surface area contributed by atoms with Crippen molar-refractivity contribution in [3.05, 3.63) is 18.2 Å². The number of imidazole rings is 1. The van der Waals surface area contributed by atoms with Gasteiger partial charge in [0.05, 0.1) is 6.54 Å². The van der Waals surface area contributed by atoms with Crippen molar-refractivity contribution in [3.8, 4) is 0 Å². The third kappa shape index (κ3) is 19.5. The topological polar surface area (TPSA) is 19.7 Å². The van der Waals surface area contributed by atoms with Gasteiger partial charge in [0.25, 0.3) is 5.82 Å². The molecule has 1 heterocycles. The largest absolute Gasteiger partial charge is 0.254 e. The normalized spacial score (nSPS) is 11.6. The Hall–Kier alpha value is -0.790. The van der Waals surface area contributed by atoms with E-state index < -0.39 is 0 Å². The van der Waals surface area contributed by atoms with Gasteiger partial charge in [-0.2, -0.15) is 0 Å². The highest BCUT2D eigenvalue weighted by molar-refractivity contribution is 4.77. The fraction of sp³-hybridized carbons (Fsp3) is 0.906. The van der Waals surface area contributed by atoms with Crippen molar-refractivity contribution in [2.24, 2.45) is 5.92 Å². The molecular formula is C32H63N2+. The highest BCUT2D eigenvalue weighted by atomic mass is 15.1. The molecule has 2 heteroatoms. The smallest absolute Gasteiger partial charge is 0.248 e. The molecular weight excluding hydrogens is 412 g/mol. The number of hydrogen-bond acceptors (Lipinski definition) is 0. The summed E-state index contributed by atoms with van der Waals surface area (Å²) in [5, 5.41) is 0. The van der Waals surface area contributed by atoms with Crippen LogP contribution >= 0.6 is 0 Å². The van der Waals surface area contributed by atoms with Gasteiger partial charge in [0.1, 0.15) is 12.4 Å². The van der Waals surface area contributed by atoms with E-state index in [0.29, 0.717) is 0 Å². The Balaban J connectivity index is 1.87. The highest BCUT2D eigenvalue weighted by Crippen LogP contribution is 2.14. The maximum Gasteiger partial charge on any atom is 0.254 e. The van der Waals surface area contributed by atoms with E-state index in [0.717, 1.165) is 5.92 Å². The quantitative estimate of drug-likeness (QED) is 0.101. The van der Waals surface area contributed by atoms with Gasteiger partial charge >= 0.3 is 0 Å². The second-order valence-corrected chi connectivity index (χ2v) is 11.5. The van der Waals surface area contributed by atoms with Crippen LogP contribution in [0.1, 0.15) is 174 Å². The Morgan fingerprint density at radius 1 is 0.588 bits per heavy atom. The van der Waals surface area contributed by atoms with E-state index in [9.17, 15) is 0 Å². The standard InChI is InChI=1S/C32H62N2/c1-4-5-6-7-8-9-10-11-12-13-14-15-19-22-25-29-34-30-28-33-32(34)27-24-21-18-16-17-20-23-26-31(2)3/h28,30-31H,4-27,29H2,1-3H3/p+1. The summed E-state index contributed by atoms with van der Waals surface area (Å²) in [6.45, 7) is 8.18. The number of aromatic amines is 1. The first-order chi connectivity index (χ1) is 16.7. The first-order valence-corrected chi connectivity index (χ1v) is 15.8. The average Bonchev–Trinajstić information content (AvgIpc) is 3.27. The van der Waals surface area contributed by atoms with Gasteiger partial charge in [-0.3, -0.25) is 0 Å². The first kappa shape index (κ1) is 31.2. The second kappa shape index (κ2) is 23.9. The third-order valence-electron chi connectivity index (χ3n) is 7.55. The zero-order valence-electron chi connectivity index (χ0n) is 23.9. The predicted molar refractivity (Wildman–Crippen MR) is 151 cm³/mol. The van der Waals surface area contributed by atoms with Crippen molar-refractivity contribution in [2.45, 2.75) is 181 Å². The van der Waals surface area contributed by atoms with Crippen molar-refractivity contribution >= 4 is 0 Å². The monoisotopic (exact) mass is 475 g/mol. The van der Waals surface area contributed by atoms with Crippen molar-refractivity contribution in [1.29, 1.82) is 0 Å². The lowest BCUT2D eigenvalue weighted by Crippen LogP contribution is -2.36. The van der Waals surface area contributed by atoms with Crippen molar-refractivity contribution in [2.75, 3.05) is 0 Å². The van der Waals surface area contributed by atoms with Gasteiger partial charge in [-0.25, -0.2) is 9.55 Å². The SMILES string of the molecule is CCCCCCCCCCCCCCCCC[n+]1cc[nH]c1CCCCCCCCCC(C)C. The van der Waals surface area contributed by atoms with E-state index >= 15 is 0 Å². The summed E-state index contributed by atoms with van der Waals surface area (Å²) >= 11 is 0. The third-order valence-corrected chi connectivity index (χ3v) is 7.55. The first-order valence-electron chi connectivity index (χ1n) is 15.8. The molecule has 0 aromatic carbocycles. The van der Waals surface area contributed by atoms with Crippen LogP contribution in [0.4, 0.5) is 0 Å². The molecule has 1 aromatic rings. The molecule has 0 unspecified atom stereocenters. The molecule has 0 aliphatic carbocycles. The minimum absolute atomic E-state index is 0.877. The van der Waals surface area contributed by atoms with Gasteiger partial charge < -0.3 is 0 Å². The van der Waals surface area contributed by atoms with Crippen LogP contribution in [0.2, 0.25) is 0 Å². The molecule has 0 aliphatic rings. The van der Waals surface area contributed by atoms with E-state index in [1.807, 2.05) is 0 Å². The van der Waals surface area contributed by atoms with Crippen LogP contribution in [-0.2, 0) is 13.0 Å². The molecule has 200 valence electrons.